The molecule has 210 valence electrons. The summed E-state index contributed by atoms with van der Waals surface area (Å²) in [5, 5.41) is 5.57. The predicted octanol–water partition coefficient (Wildman–Crippen LogP) is 5.42. The predicted molar refractivity (Wildman–Crippen MR) is 155 cm³/mol. The Morgan fingerprint density at radius 3 is 2.08 bits per heavy atom. The first-order valence-corrected chi connectivity index (χ1v) is 13.6. The van der Waals surface area contributed by atoms with Crippen molar-refractivity contribution in [2.75, 3.05) is 18.9 Å². The minimum absolute atomic E-state index is 0.0807. The van der Waals surface area contributed by atoms with Gasteiger partial charge in [-0.15, -0.1) is 0 Å². The summed E-state index contributed by atoms with van der Waals surface area (Å²) >= 11 is 0. The van der Waals surface area contributed by atoms with Crippen molar-refractivity contribution in [3.8, 4) is 11.1 Å². The average molecular weight is 544 g/mol. The van der Waals surface area contributed by atoms with Crippen LogP contribution in [-0.4, -0.2) is 42.8 Å². The number of hydrogen-bond acceptors (Lipinski definition) is 6. The zero-order valence-electron chi connectivity index (χ0n) is 23.2. The molecule has 0 saturated carbocycles. The summed E-state index contributed by atoms with van der Waals surface area (Å²) in [5.74, 6) is -0.796. The molecule has 0 aliphatic heterocycles. The van der Waals surface area contributed by atoms with Gasteiger partial charge in [-0.2, -0.15) is 0 Å². The van der Waals surface area contributed by atoms with E-state index in [9.17, 15) is 14.4 Å². The molecule has 0 saturated heterocycles. The van der Waals surface area contributed by atoms with Crippen LogP contribution in [0.2, 0.25) is 0 Å². The molecule has 0 radical (unpaired) electrons. The molecule has 1 aliphatic rings. The molecule has 8 nitrogen and oxygen atoms in total. The van der Waals surface area contributed by atoms with Crippen molar-refractivity contribution >= 4 is 23.7 Å². The van der Waals surface area contributed by atoms with Gasteiger partial charge in [-0.25, -0.2) is 9.59 Å². The van der Waals surface area contributed by atoms with Gasteiger partial charge in [-0.05, 0) is 86.6 Å². The van der Waals surface area contributed by atoms with Crippen LogP contribution in [0.3, 0.4) is 0 Å². The fraction of sp³-hybridized carbons (Fsp3) is 0.344. The van der Waals surface area contributed by atoms with Crippen LogP contribution in [-0.2, 0) is 14.3 Å². The number of amides is 2. The topological polar surface area (TPSA) is 120 Å². The third-order valence-corrected chi connectivity index (χ3v) is 6.71. The van der Waals surface area contributed by atoms with Crippen molar-refractivity contribution in [1.29, 1.82) is 0 Å². The van der Waals surface area contributed by atoms with Crippen molar-refractivity contribution < 1.29 is 23.9 Å². The van der Waals surface area contributed by atoms with Crippen molar-refractivity contribution in [2.45, 2.75) is 57.6 Å². The number of benzene rings is 3. The van der Waals surface area contributed by atoms with E-state index in [4.69, 9.17) is 15.2 Å². The van der Waals surface area contributed by atoms with Gasteiger partial charge >= 0.3 is 12.1 Å². The molecule has 4 rings (SSSR count). The SMILES string of the molecule is CC(C)(C)OC(=O)[C@H](CCCCNC(=O)c1ccc(N)cc1)NC(=O)OCC1c2ccccc2-c2ccccc21. The minimum atomic E-state index is -0.873. The molecule has 1 aliphatic carbocycles. The number of ether oxygens (including phenoxy) is 2. The standard InChI is InChI=1S/C32H37N3O5/c1-32(2,3)40-30(37)28(14-8-9-19-34-29(36)21-15-17-22(33)18-16-21)35-31(38)39-20-27-25-12-6-4-10-23(25)24-11-5-7-13-26(24)27/h4-7,10-13,15-18,27-28H,8-9,14,19-20,33H2,1-3H3,(H,34,36)(H,35,38)/t28-/m0/s1. The first kappa shape index (κ1) is 28.7. The van der Waals surface area contributed by atoms with E-state index in [-0.39, 0.29) is 18.4 Å². The lowest BCUT2D eigenvalue weighted by atomic mass is 9.98. The van der Waals surface area contributed by atoms with Crippen molar-refractivity contribution in [2.24, 2.45) is 0 Å². The maximum absolute atomic E-state index is 12.9. The van der Waals surface area contributed by atoms with Gasteiger partial charge in [0.05, 0.1) is 0 Å². The second kappa shape index (κ2) is 12.7. The molecule has 0 fully saturated rings. The minimum Gasteiger partial charge on any atom is -0.458 e. The Labute approximate surface area is 235 Å². The number of rotatable bonds is 10. The van der Waals surface area contributed by atoms with Crippen LogP contribution in [0.1, 0.15) is 67.4 Å². The molecule has 0 aromatic heterocycles. The number of hydrogen-bond donors (Lipinski definition) is 3. The average Bonchev–Trinajstić information content (AvgIpc) is 3.24. The van der Waals surface area contributed by atoms with Crippen LogP contribution in [0.5, 0.6) is 0 Å². The number of carbonyl (C=O) groups excluding carboxylic acids is 3. The number of fused-ring (bicyclic) bond motifs is 3. The lowest BCUT2D eigenvalue weighted by Gasteiger charge is -2.24. The highest BCUT2D eigenvalue weighted by Gasteiger charge is 2.31. The monoisotopic (exact) mass is 543 g/mol. The Balaban J connectivity index is 1.31. The van der Waals surface area contributed by atoms with Crippen LogP contribution < -0.4 is 16.4 Å². The highest BCUT2D eigenvalue weighted by Crippen LogP contribution is 2.44. The van der Waals surface area contributed by atoms with E-state index in [1.54, 1.807) is 45.0 Å². The van der Waals surface area contributed by atoms with Gasteiger partial charge in [-0.1, -0.05) is 48.5 Å². The molecule has 8 heteroatoms. The number of nitrogens with two attached hydrogens (primary N) is 1. The second-order valence-corrected chi connectivity index (χ2v) is 10.9. The van der Waals surface area contributed by atoms with Gasteiger partial charge in [0, 0.05) is 23.7 Å². The molecule has 40 heavy (non-hydrogen) atoms. The molecule has 0 spiro atoms. The Bertz CT molecular complexity index is 1300. The van der Waals surface area contributed by atoms with Crippen LogP contribution >= 0.6 is 0 Å². The summed E-state index contributed by atoms with van der Waals surface area (Å²) in [4.78, 5) is 38.0. The number of nitrogens with one attached hydrogen (secondary N) is 2. The molecule has 3 aromatic rings. The van der Waals surface area contributed by atoms with E-state index in [0.29, 0.717) is 37.1 Å². The quantitative estimate of drug-likeness (QED) is 0.179. The van der Waals surface area contributed by atoms with Gasteiger partial charge in [0.1, 0.15) is 18.2 Å². The summed E-state index contributed by atoms with van der Waals surface area (Å²) in [6.07, 6.45) is 0.869. The van der Waals surface area contributed by atoms with Gasteiger partial charge in [0.15, 0.2) is 0 Å². The van der Waals surface area contributed by atoms with E-state index >= 15 is 0 Å². The number of esters is 1. The Morgan fingerprint density at radius 2 is 1.48 bits per heavy atom. The molecule has 0 bridgehead atoms. The largest absolute Gasteiger partial charge is 0.458 e. The maximum atomic E-state index is 12.9. The molecule has 0 unspecified atom stereocenters. The molecular weight excluding hydrogens is 506 g/mol. The fourth-order valence-electron chi connectivity index (χ4n) is 4.82. The molecule has 0 heterocycles. The second-order valence-electron chi connectivity index (χ2n) is 10.9. The van der Waals surface area contributed by atoms with Gasteiger partial charge in [0.25, 0.3) is 5.91 Å². The number of carbonyl (C=O) groups is 3. The molecule has 1 atom stereocenters. The van der Waals surface area contributed by atoms with Gasteiger partial charge in [-0.3, -0.25) is 4.79 Å². The third kappa shape index (κ3) is 7.40. The van der Waals surface area contributed by atoms with Crippen LogP contribution in [0.25, 0.3) is 11.1 Å². The summed E-state index contributed by atoms with van der Waals surface area (Å²) < 4.78 is 11.2. The maximum Gasteiger partial charge on any atom is 0.407 e. The molecule has 2 amide bonds. The number of anilines is 1. The number of unbranched alkanes of at least 4 members (excludes halogenated alkanes) is 1. The van der Waals surface area contributed by atoms with Crippen LogP contribution in [0, 0.1) is 0 Å². The first-order valence-electron chi connectivity index (χ1n) is 13.6. The van der Waals surface area contributed by atoms with Crippen LogP contribution in [0.4, 0.5) is 10.5 Å². The Morgan fingerprint density at radius 1 is 0.875 bits per heavy atom. The highest BCUT2D eigenvalue weighted by molar-refractivity contribution is 5.94. The van der Waals surface area contributed by atoms with Crippen molar-refractivity contribution in [3.05, 3.63) is 89.5 Å². The zero-order chi connectivity index (χ0) is 28.7. The van der Waals surface area contributed by atoms with E-state index in [0.717, 1.165) is 22.3 Å². The van der Waals surface area contributed by atoms with Gasteiger partial charge < -0.3 is 25.8 Å². The summed E-state index contributed by atoms with van der Waals surface area (Å²) in [5.41, 5.74) is 10.6. The first-order chi connectivity index (χ1) is 19.1. The molecule has 3 aromatic carbocycles. The zero-order valence-corrected chi connectivity index (χ0v) is 23.2. The van der Waals surface area contributed by atoms with E-state index in [2.05, 4.69) is 34.9 Å². The normalized spacial score (nSPS) is 13.1. The van der Waals surface area contributed by atoms with E-state index in [1.807, 2.05) is 24.3 Å². The third-order valence-electron chi connectivity index (χ3n) is 6.71. The van der Waals surface area contributed by atoms with E-state index < -0.39 is 23.7 Å². The lowest BCUT2D eigenvalue weighted by molar-refractivity contribution is -0.157. The number of nitrogen functional groups attached to an aromatic ring is 1. The Kier molecular flexibility index (Phi) is 9.09. The number of alkyl carbamates (subject to hydrolysis) is 1. The van der Waals surface area contributed by atoms with Crippen molar-refractivity contribution in [1.82, 2.24) is 10.6 Å². The Hall–Kier alpha value is -4.33. The molecule has 4 N–H and O–H groups in total. The highest BCUT2D eigenvalue weighted by atomic mass is 16.6. The van der Waals surface area contributed by atoms with E-state index in [1.165, 1.54) is 0 Å². The smallest absolute Gasteiger partial charge is 0.407 e. The summed E-state index contributed by atoms with van der Waals surface area (Å²) in [7, 11) is 0. The fourth-order valence-corrected chi connectivity index (χ4v) is 4.82. The molecular formula is C32H37N3O5. The van der Waals surface area contributed by atoms with Crippen molar-refractivity contribution in [3.63, 3.8) is 0 Å². The lowest BCUT2D eigenvalue weighted by Crippen LogP contribution is -2.44. The summed E-state index contributed by atoms with van der Waals surface area (Å²) in [6, 6.07) is 22.0. The summed E-state index contributed by atoms with van der Waals surface area (Å²) in [6.45, 7) is 5.92. The van der Waals surface area contributed by atoms with Crippen LogP contribution in [0.15, 0.2) is 72.8 Å². The van der Waals surface area contributed by atoms with Gasteiger partial charge in [0.2, 0.25) is 0 Å².